The Morgan fingerprint density at radius 3 is 2.69 bits per heavy atom. The Bertz CT molecular complexity index is 708. The molecule has 6 heteroatoms. The highest BCUT2D eigenvalue weighted by molar-refractivity contribution is 7.14. The van der Waals surface area contributed by atoms with Crippen molar-refractivity contribution in [2.24, 2.45) is 5.92 Å². The number of anilines is 2. The molecule has 0 unspecified atom stereocenters. The molecule has 1 fully saturated rings. The number of hydrogen-bond donors (Lipinski definition) is 1. The SMILES string of the molecule is COc1ccc(Nc2nc(C(=O)N(C)CCC3CCCCC3)cs2)cc1. The van der Waals surface area contributed by atoms with Crippen LogP contribution in [0, 0.1) is 5.92 Å². The van der Waals surface area contributed by atoms with E-state index < -0.39 is 0 Å². The molecule has 1 amide bonds. The molecule has 26 heavy (non-hydrogen) atoms. The zero-order valence-electron chi connectivity index (χ0n) is 15.5. The number of hydrogen-bond acceptors (Lipinski definition) is 5. The predicted octanol–water partition coefficient (Wildman–Crippen LogP) is 4.94. The van der Waals surface area contributed by atoms with Crippen molar-refractivity contribution in [3.05, 3.63) is 35.3 Å². The summed E-state index contributed by atoms with van der Waals surface area (Å²) < 4.78 is 5.16. The van der Waals surface area contributed by atoms with Crippen molar-refractivity contribution >= 4 is 28.1 Å². The van der Waals surface area contributed by atoms with Gasteiger partial charge in [0.05, 0.1) is 7.11 Å². The van der Waals surface area contributed by atoms with Gasteiger partial charge in [-0.15, -0.1) is 11.3 Å². The lowest BCUT2D eigenvalue weighted by molar-refractivity contribution is 0.0779. The van der Waals surface area contributed by atoms with Gasteiger partial charge in [-0.2, -0.15) is 0 Å². The Morgan fingerprint density at radius 2 is 2.00 bits per heavy atom. The summed E-state index contributed by atoms with van der Waals surface area (Å²) in [7, 11) is 3.52. The van der Waals surface area contributed by atoms with E-state index in [0.717, 1.165) is 35.5 Å². The van der Waals surface area contributed by atoms with Crippen molar-refractivity contribution in [1.29, 1.82) is 0 Å². The van der Waals surface area contributed by atoms with Gasteiger partial charge >= 0.3 is 0 Å². The minimum absolute atomic E-state index is 0.000148. The fourth-order valence-corrected chi connectivity index (χ4v) is 4.08. The van der Waals surface area contributed by atoms with Crippen LogP contribution in [0.2, 0.25) is 0 Å². The number of nitrogens with zero attached hydrogens (tertiary/aromatic N) is 2. The number of carbonyl (C=O) groups is 1. The van der Waals surface area contributed by atoms with Crippen molar-refractivity contribution in [2.45, 2.75) is 38.5 Å². The van der Waals surface area contributed by atoms with Crippen molar-refractivity contribution in [3.63, 3.8) is 0 Å². The molecule has 1 heterocycles. The molecule has 140 valence electrons. The molecule has 5 nitrogen and oxygen atoms in total. The summed E-state index contributed by atoms with van der Waals surface area (Å²) in [5.74, 6) is 1.59. The second-order valence-corrected chi connectivity index (χ2v) is 7.77. The number of amides is 1. The number of thiazole rings is 1. The van der Waals surface area contributed by atoms with Crippen LogP contribution in [0.4, 0.5) is 10.8 Å². The average molecular weight is 374 g/mol. The van der Waals surface area contributed by atoms with E-state index in [-0.39, 0.29) is 5.91 Å². The Balaban J connectivity index is 1.52. The Labute approximate surface area is 159 Å². The third-order valence-corrected chi connectivity index (χ3v) is 5.77. The largest absolute Gasteiger partial charge is 0.497 e. The fraction of sp³-hybridized carbons (Fsp3) is 0.500. The van der Waals surface area contributed by atoms with Crippen LogP contribution >= 0.6 is 11.3 Å². The van der Waals surface area contributed by atoms with Gasteiger partial charge in [0.15, 0.2) is 5.13 Å². The van der Waals surface area contributed by atoms with Gasteiger partial charge in [-0.25, -0.2) is 4.98 Å². The first kappa shape index (κ1) is 18.7. The normalized spacial score (nSPS) is 14.8. The number of ether oxygens (including phenoxy) is 1. The zero-order chi connectivity index (χ0) is 18.4. The summed E-state index contributed by atoms with van der Waals surface area (Å²) in [6.45, 7) is 0.808. The molecular weight excluding hydrogens is 346 g/mol. The summed E-state index contributed by atoms with van der Waals surface area (Å²) in [4.78, 5) is 18.8. The minimum atomic E-state index is -0.000148. The third-order valence-electron chi connectivity index (χ3n) is 5.01. The summed E-state index contributed by atoms with van der Waals surface area (Å²) in [5.41, 5.74) is 1.43. The maximum atomic E-state index is 12.6. The van der Waals surface area contributed by atoms with Gasteiger partial charge in [-0.3, -0.25) is 4.79 Å². The summed E-state index contributed by atoms with van der Waals surface area (Å²) in [5, 5.41) is 5.78. The Hall–Kier alpha value is -2.08. The highest BCUT2D eigenvalue weighted by Crippen LogP contribution is 2.27. The summed E-state index contributed by atoms with van der Waals surface area (Å²) in [6, 6.07) is 7.64. The lowest BCUT2D eigenvalue weighted by atomic mass is 9.87. The standard InChI is InChI=1S/C20H27N3O2S/c1-23(13-12-15-6-4-3-5-7-15)19(24)18-14-26-20(22-18)21-16-8-10-17(25-2)11-9-16/h8-11,14-15H,3-7,12-13H2,1-2H3,(H,21,22). The molecule has 0 spiro atoms. The summed E-state index contributed by atoms with van der Waals surface area (Å²) in [6.07, 6.45) is 7.78. The third kappa shape index (κ3) is 4.97. The molecule has 0 aliphatic heterocycles. The molecule has 1 aliphatic carbocycles. The van der Waals surface area contributed by atoms with E-state index in [1.54, 1.807) is 12.0 Å². The Kier molecular flexibility index (Phi) is 6.50. The van der Waals surface area contributed by atoms with Crippen molar-refractivity contribution in [3.8, 4) is 5.75 Å². The van der Waals surface area contributed by atoms with Crippen molar-refractivity contribution in [2.75, 3.05) is 26.0 Å². The molecule has 3 rings (SSSR count). The quantitative estimate of drug-likeness (QED) is 0.747. The van der Waals surface area contributed by atoms with E-state index in [0.29, 0.717) is 5.69 Å². The van der Waals surface area contributed by atoms with E-state index in [1.165, 1.54) is 43.4 Å². The topological polar surface area (TPSA) is 54.5 Å². The summed E-state index contributed by atoms with van der Waals surface area (Å²) >= 11 is 1.45. The highest BCUT2D eigenvalue weighted by Gasteiger charge is 2.18. The minimum Gasteiger partial charge on any atom is -0.497 e. The van der Waals surface area contributed by atoms with E-state index in [2.05, 4.69) is 10.3 Å². The fourth-order valence-electron chi connectivity index (χ4n) is 3.38. The molecule has 1 saturated carbocycles. The lowest BCUT2D eigenvalue weighted by Crippen LogP contribution is -2.29. The van der Waals surface area contributed by atoms with Crippen LogP contribution in [0.25, 0.3) is 0 Å². The predicted molar refractivity (Wildman–Crippen MR) is 107 cm³/mol. The molecular formula is C20H27N3O2S. The van der Waals surface area contributed by atoms with Crippen molar-refractivity contribution < 1.29 is 9.53 Å². The molecule has 1 aromatic heterocycles. The van der Waals surface area contributed by atoms with Crippen LogP contribution < -0.4 is 10.1 Å². The van der Waals surface area contributed by atoms with E-state index in [9.17, 15) is 4.79 Å². The van der Waals surface area contributed by atoms with Gasteiger partial charge in [-0.05, 0) is 36.6 Å². The van der Waals surface area contributed by atoms with Crippen LogP contribution in [-0.4, -0.2) is 36.5 Å². The molecule has 1 aliphatic rings. The number of benzene rings is 1. The van der Waals surface area contributed by atoms with E-state index in [1.807, 2.05) is 36.7 Å². The van der Waals surface area contributed by atoms with Gasteiger partial charge in [0.2, 0.25) is 0 Å². The van der Waals surface area contributed by atoms with Gasteiger partial charge in [0, 0.05) is 24.7 Å². The highest BCUT2D eigenvalue weighted by atomic mass is 32.1. The maximum absolute atomic E-state index is 12.6. The van der Waals surface area contributed by atoms with E-state index in [4.69, 9.17) is 4.74 Å². The van der Waals surface area contributed by atoms with Crippen LogP contribution in [0.3, 0.4) is 0 Å². The first-order chi connectivity index (χ1) is 12.7. The second-order valence-electron chi connectivity index (χ2n) is 6.91. The molecule has 0 bridgehead atoms. The van der Waals surface area contributed by atoms with Gasteiger partial charge in [0.25, 0.3) is 5.91 Å². The molecule has 1 aromatic carbocycles. The number of nitrogens with one attached hydrogen (secondary N) is 1. The van der Waals surface area contributed by atoms with E-state index >= 15 is 0 Å². The van der Waals surface area contributed by atoms with Crippen LogP contribution in [0.1, 0.15) is 49.0 Å². The van der Waals surface area contributed by atoms with Gasteiger partial charge in [0.1, 0.15) is 11.4 Å². The van der Waals surface area contributed by atoms with Gasteiger partial charge < -0.3 is 15.0 Å². The molecule has 0 atom stereocenters. The Morgan fingerprint density at radius 1 is 1.27 bits per heavy atom. The smallest absolute Gasteiger partial charge is 0.273 e. The number of methoxy groups -OCH3 is 1. The molecule has 0 saturated heterocycles. The molecule has 0 radical (unpaired) electrons. The van der Waals surface area contributed by atoms with Gasteiger partial charge in [-0.1, -0.05) is 32.1 Å². The number of carbonyl (C=O) groups excluding carboxylic acids is 1. The van der Waals surface area contributed by atoms with Crippen LogP contribution in [0.5, 0.6) is 5.75 Å². The monoisotopic (exact) mass is 373 g/mol. The second kappa shape index (κ2) is 9.03. The first-order valence-electron chi connectivity index (χ1n) is 9.28. The maximum Gasteiger partial charge on any atom is 0.273 e. The molecule has 2 aromatic rings. The average Bonchev–Trinajstić information content (AvgIpc) is 3.15. The number of rotatable bonds is 7. The van der Waals surface area contributed by atoms with Crippen LogP contribution in [0.15, 0.2) is 29.6 Å². The van der Waals surface area contributed by atoms with Crippen molar-refractivity contribution in [1.82, 2.24) is 9.88 Å². The molecule has 1 N–H and O–H groups in total. The zero-order valence-corrected chi connectivity index (χ0v) is 16.3. The first-order valence-corrected chi connectivity index (χ1v) is 10.2. The van der Waals surface area contributed by atoms with Crippen LogP contribution in [-0.2, 0) is 0 Å². The lowest BCUT2D eigenvalue weighted by Gasteiger charge is -2.24. The number of aromatic nitrogens is 1.